The minimum atomic E-state index is -2.90. The molecule has 0 heterocycles. The molecule has 27 heavy (non-hydrogen) atoms. The first-order chi connectivity index (χ1) is 13.0. The van der Waals surface area contributed by atoms with Crippen molar-refractivity contribution in [3.05, 3.63) is 60.2 Å². The van der Waals surface area contributed by atoms with Crippen LogP contribution in [0.1, 0.15) is 5.56 Å². The van der Waals surface area contributed by atoms with E-state index in [1.54, 1.807) is 24.3 Å². The summed E-state index contributed by atoms with van der Waals surface area (Å²) in [6.45, 7) is -3.36. The summed E-state index contributed by atoms with van der Waals surface area (Å²) in [4.78, 5) is 23.4. The molecule has 0 aliphatic rings. The number of ether oxygens (including phenoxy) is 3. The van der Waals surface area contributed by atoms with Crippen molar-refractivity contribution in [1.29, 1.82) is 0 Å². The second-order valence-corrected chi connectivity index (χ2v) is 5.17. The highest BCUT2D eigenvalue weighted by Crippen LogP contribution is 2.17. The highest BCUT2D eigenvalue weighted by Gasteiger charge is 2.07. The van der Waals surface area contributed by atoms with Crippen LogP contribution in [0.3, 0.4) is 0 Å². The number of hydrogen-bond acceptors (Lipinski definition) is 5. The van der Waals surface area contributed by atoms with E-state index in [4.69, 9.17) is 9.47 Å². The second kappa shape index (κ2) is 9.91. The minimum absolute atomic E-state index is 0.0129. The Morgan fingerprint density at radius 2 is 1.85 bits per heavy atom. The van der Waals surface area contributed by atoms with E-state index < -0.39 is 25.1 Å². The molecule has 8 heteroatoms. The molecule has 0 spiro atoms. The van der Waals surface area contributed by atoms with Gasteiger partial charge in [-0.05, 0) is 35.9 Å². The number of amides is 1. The number of carbonyl (C=O) groups is 2. The number of halogens is 2. The SMILES string of the molecule is COc1cccc(NC(=O)COC(=O)/C=C/c2ccc(OC(F)F)cc2)c1. The van der Waals surface area contributed by atoms with Gasteiger partial charge >= 0.3 is 12.6 Å². The Bertz CT molecular complexity index is 806. The lowest BCUT2D eigenvalue weighted by Crippen LogP contribution is -2.20. The van der Waals surface area contributed by atoms with E-state index in [0.29, 0.717) is 17.0 Å². The molecule has 2 aromatic carbocycles. The third-order valence-corrected chi connectivity index (χ3v) is 3.22. The lowest BCUT2D eigenvalue weighted by Gasteiger charge is -2.07. The Morgan fingerprint density at radius 3 is 2.52 bits per heavy atom. The molecule has 2 rings (SSSR count). The maximum absolute atomic E-state index is 12.1. The zero-order valence-corrected chi connectivity index (χ0v) is 14.4. The molecular formula is C19H17F2NO5. The molecule has 1 N–H and O–H groups in total. The van der Waals surface area contributed by atoms with Crippen molar-refractivity contribution >= 4 is 23.6 Å². The topological polar surface area (TPSA) is 73.9 Å². The molecular weight excluding hydrogens is 360 g/mol. The van der Waals surface area contributed by atoms with Crippen molar-refractivity contribution in [3.8, 4) is 11.5 Å². The first-order valence-corrected chi connectivity index (χ1v) is 7.80. The summed E-state index contributed by atoms with van der Waals surface area (Å²) in [6.07, 6.45) is 2.55. The predicted molar refractivity (Wildman–Crippen MR) is 94.7 cm³/mol. The van der Waals surface area contributed by atoms with Gasteiger partial charge in [-0.25, -0.2) is 4.79 Å². The maximum atomic E-state index is 12.1. The molecule has 2 aromatic rings. The van der Waals surface area contributed by atoms with Crippen LogP contribution in [-0.2, 0) is 14.3 Å². The van der Waals surface area contributed by atoms with Crippen molar-refractivity contribution in [2.24, 2.45) is 0 Å². The number of benzene rings is 2. The lowest BCUT2D eigenvalue weighted by molar-refractivity contribution is -0.142. The third-order valence-electron chi connectivity index (χ3n) is 3.22. The minimum Gasteiger partial charge on any atom is -0.497 e. The number of alkyl halides is 2. The van der Waals surface area contributed by atoms with Gasteiger partial charge in [-0.2, -0.15) is 8.78 Å². The first kappa shape index (κ1) is 19.9. The van der Waals surface area contributed by atoms with E-state index in [2.05, 4.69) is 10.1 Å². The van der Waals surface area contributed by atoms with Gasteiger partial charge in [0.2, 0.25) is 0 Å². The summed E-state index contributed by atoms with van der Waals surface area (Å²) in [5, 5.41) is 2.57. The van der Waals surface area contributed by atoms with Crippen LogP contribution in [0.4, 0.5) is 14.5 Å². The van der Waals surface area contributed by atoms with Crippen molar-refractivity contribution in [2.75, 3.05) is 19.0 Å². The Kier molecular flexibility index (Phi) is 7.30. The summed E-state index contributed by atoms with van der Waals surface area (Å²) in [7, 11) is 1.51. The molecule has 0 unspecified atom stereocenters. The van der Waals surface area contributed by atoms with Crippen LogP contribution in [-0.4, -0.2) is 32.2 Å². The third kappa shape index (κ3) is 7.15. The Balaban J connectivity index is 1.79. The van der Waals surface area contributed by atoms with Crippen LogP contribution in [0.25, 0.3) is 6.08 Å². The molecule has 0 bridgehead atoms. The zero-order chi connectivity index (χ0) is 19.6. The van der Waals surface area contributed by atoms with E-state index in [0.717, 1.165) is 6.08 Å². The standard InChI is InChI=1S/C19H17F2NO5/c1-25-16-4-2-3-14(11-16)22-17(23)12-26-18(24)10-7-13-5-8-15(9-6-13)27-19(20)21/h2-11,19H,12H2,1H3,(H,22,23)/b10-7+. The van der Waals surface area contributed by atoms with Gasteiger partial charge in [0, 0.05) is 17.8 Å². The van der Waals surface area contributed by atoms with Gasteiger partial charge < -0.3 is 19.5 Å². The van der Waals surface area contributed by atoms with Crippen LogP contribution < -0.4 is 14.8 Å². The van der Waals surface area contributed by atoms with Crippen molar-refractivity contribution in [2.45, 2.75) is 6.61 Å². The molecule has 0 fully saturated rings. The van der Waals surface area contributed by atoms with Crippen LogP contribution in [0.15, 0.2) is 54.6 Å². The van der Waals surface area contributed by atoms with E-state index in [-0.39, 0.29) is 5.75 Å². The van der Waals surface area contributed by atoms with Crippen LogP contribution in [0.5, 0.6) is 11.5 Å². The van der Waals surface area contributed by atoms with E-state index in [9.17, 15) is 18.4 Å². The molecule has 0 aliphatic heterocycles. The molecule has 0 aliphatic carbocycles. The Labute approximate surface area is 154 Å². The summed E-state index contributed by atoms with van der Waals surface area (Å²) in [5.74, 6) is -0.626. The second-order valence-electron chi connectivity index (χ2n) is 5.17. The summed E-state index contributed by atoms with van der Waals surface area (Å²) >= 11 is 0. The average Bonchev–Trinajstić information content (AvgIpc) is 2.65. The smallest absolute Gasteiger partial charge is 0.387 e. The van der Waals surface area contributed by atoms with E-state index in [1.165, 1.54) is 37.5 Å². The highest BCUT2D eigenvalue weighted by atomic mass is 19.3. The fourth-order valence-electron chi connectivity index (χ4n) is 2.01. The predicted octanol–water partition coefficient (Wildman–Crippen LogP) is 3.49. The van der Waals surface area contributed by atoms with E-state index >= 15 is 0 Å². The van der Waals surface area contributed by atoms with Crippen LogP contribution >= 0.6 is 0 Å². The number of nitrogens with one attached hydrogen (secondary N) is 1. The molecule has 0 radical (unpaired) electrons. The highest BCUT2D eigenvalue weighted by molar-refractivity contribution is 5.94. The number of hydrogen-bond donors (Lipinski definition) is 1. The van der Waals surface area contributed by atoms with E-state index in [1.807, 2.05) is 0 Å². The van der Waals surface area contributed by atoms with Gasteiger partial charge in [-0.3, -0.25) is 4.79 Å². The zero-order valence-electron chi connectivity index (χ0n) is 14.4. The number of rotatable bonds is 8. The average molecular weight is 377 g/mol. The van der Waals surface area contributed by atoms with Gasteiger partial charge in [-0.15, -0.1) is 0 Å². The first-order valence-electron chi connectivity index (χ1n) is 7.80. The molecule has 142 valence electrons. The summed E-state index contributed by atoms with van der Waals surface area (Å²) in [5.41, 5.74) is 1.09. The maximum Gasteiger partial charge on any atom is 0.387 e. The summed E-state index contributed by atoms with van der Waals surface area (Å²) in [6, 6.07) is 12.4. The Hall–Kier alpha value is -3.42. The molecule has 6 nitrogen and oxygen atoms in total. The van der Waals surface area contributed by atoms with Gasteiger partial charge in [-0.1, -0.05) is 18.2 Å². The number of anilines is 1. The van der Waals surface area contributed by atoms with Crippen LogP contribution in [0, 0.1) is 0 Å². The fraction of sp³-hybridized carbons (Fsp3) is 0.158. The quantitative estimate of drug-likeness (QED) is 0.563. The molecule has 0 saturated heterocycles. The molecule has 0 aromatic heterocycles. The van der Waals surface area contributed by atoms with Gasteiger partial charge in [0.1, 0.15) is 11.5 Å². The van der Waals surface area contributed by atoms with Gasteiger partial charge in [0.05, 0.1) is 7.11 Å². The van der Waals surface area contributed by atoms with Crippen molar-refractivity contribution in [3.63, 3.8) is 0 Å². The Morgan fingerprint density at radius 1 is 1.11 bits per heavy atom. The number of methoxy groups -OCH3 is 1. The van der Waals surface area contributed by atoms with Crippen molar-refractivity contribution in [1.82, 2.24) is 0 Å². The van der Waals surface area contributed by atoms with Crippen LogP contribution in [0.2, 0.25) is 0 Å². The van der Waals surface area contributed by atoms with Gasteiger partial charge in [0.15, 0.2) is 6.61 Å². The monoisotopic (exact) mass is 377 g/mol. The molecule has 1 amide bonds. The number of carbonyl (C=O) groups excluding carboxylic acids is 2. The molecule has 0 atom stereocenters. The fourth-order valence-corrected chi connectivity index (χ4v) is 2.01. The summed E-state index contributed by atoms with van der Waals surface area (Å²) < 4.78 is 38.2. The largest absolute Gasteiger partial charge is 0.497 e. The van der Waals surface area contributed by atoms with Crippen molar-refractivity contribution < 1.29 is 32.6 Å². The normalized spacial score (nSPS) is 10.7. The number of esters is 1. The lowest BCUT2D eigenvalue weighted by atomic mass is 10.2. The van der Waals surface area contributed by atoms with Gasteiger partial charge in [0.25, 0.3) is 5.91 Å². The molecule has 0 saturated carbocycles.